The molecule has 0 spiro atoms. The Bertz CT molecular complexity index is 1250. The van der Waals surface area contributed by atoms with Gasteiger partial charge in [0.1, 0.15) is 24.3 Å². The molecule has 1 aliphatic heterocycles. The van der Waals surface area contributed by atoms with Crippen molar-refractivity contribution in [1.29, 1.82) is 0 Å². The van der Waals surface area contributed by atoms with Gasteiger partial charge in [0.2, 0.25) is 0 Å². The molecule has 3 aromatic carbocycles. The van der Waals surface area contributed by atoms with Crippen molar-refractivity contribution in [3.05, 3.63) is 83.2 Å². The van der Waals surface area contributed by atoms with E-state index in [9.17, 15) is 26.0 Å². The van der Waals surface area contributed by atoms with Crippen molar-refractivity contribution in [1.82, 2.24) is 0 Å². The van der Waals surface area contributed by atoms with Crippen LogP contribution in [0.2, 0.25) is 0 Å². The van der Waals surface area contributed by atoms with Crippen LogP contribution < -0.4 is 4.74 Å². The second-order valence-electron chi connectivity index (χ2n) is 7.48. The molecule has 9 heteroatoms. The molecule has 168 valence electrons. The molecule has 0 saturated heterocycles. The van der Waals surface area contributed by atoms with E-state index in [1.807, 2.05) is 6.92 Å². The molecular weight excluding hydrogens is 448 g/mol. The Hall–Kier alpha value is -2.91. The summed E-state index contributed by atoms with van der Waals surface area (Å²) in [7, 11) is -4.05. The third-order valence-electron chi connectivity index (χ3n) is 5.10. The van der Waals surface area contributed by atoms with Crippen LogP contribution in [0.25, 0.3) is 11.1 Å². The first kappa shape index (κ1) is 22.3. The lowest BCUT2D eigenvalue weighted by Crippen LogP contribution is -2.23. The third-order valence-corrected chi connectivity index (χ3v) is 6.40. The Morgan fingerprint density at radius 2 is 1.72 bits per heavy atom. The second-order valence-corrected chi connectivity index (χ2v) is 9.10. The predicted molar refractivity (Wildman–Crippen MR) is 109 cm³/mol. The van der Waals surface area contributed by atoms with E-state index < -0.39 is 33.8 Å². The van der Waals surface area contributed by atoms with E-state index in [1.165, 1.54) is 36.4 Å². The molecule has 0 amide bonds. The van der Waals surface area contributed by atoms with E-state index in [-0.39, 0.29) is 34.8 Å². The van der Waals surface area contributed by atoms with Crippen molar-refractivity contribution in [2.45, 2.75) is 30.5 Å². The summed E-state index contributed by atoms with van der Waals surface area (Å²) in [5.41, 5.74) is 0.0463. The molecule has 0 fully saturated rings. The predicted octanol–water partition coefficient (Wildman–Crippen LogP) is 5.53. The van der Waals surface area contributed by atoms with Gasteiger partial charge in [0.05, 0.1) is 10.5 Å². The largest absolute Gasteiger partial charge is 0.487 e. The Balaban J connectivity index is 1.59. The Labute approximate surface area is 182 Å². The molecule has 0 aromatic heterocycles. The van der Waals surface area contributed by atoms with Gasteiger partial charge in [-0.05, 0) is 42.8 Å². The highest BCUT2D eigenvalue weighted by atomic mass is 32.2. The number of rotatable bonds is 5. The van der Waals surface area contributed by atoms with Crippen molar-refractivity contribution in [3.8, 4) is 16.9 Å². The first-order chi connectivity index (χ1) is 15.0. The normalized spacial score (nSPS) is 16.0. The maximum absolute atomic E-state index is 14.2. The van der Waals surface area contributed by atoms with E-state index in [0.29, 0.717) is 5.56 Å². The van der Waals surface area contributed by atoms with Crippen molar-refractivity contribution in [2.24, 2.45) is 0 Å². The van der Waals surface area contributed by atoms with Gasteiger partial charge in [-0.15, -0.1) is 0 Å². The molecule has 1 atom stereocenters. The molecule has 0 radical (unpaired) electrons. The van der Waals surface area contributed by atoms with Gasteiger partial charge in [-0.2, -0.15) is 21.6 Å². The number of ether oxygens (including phenoxy) is 1. The van der Waals surface area contributed by atoms with Crippen molar-refractivity contribution < 1.29 is 34.9 Å². The Kier molecular flexibility index (Phi) is 5.72. The Morgan fingerprint density at radius 1 is 1.03 bits per heavy atom. The fourth-order valence-electron chi connectivity index (χ4n) is 3.59. The summed E-state index contributed by atoms with van der Waals surface area (Å²) < 4.78 is 90.3. The summed E-state index contributed by atoms with van der Waals surface area (Å²) >= 11 is 0. The number of hydrogen-bond acceptors (Lipinski definition) is 4. The third kappa shape index (κ3) is 4.49. The highest BCUT2D eigenvalue weighted by Crippen LogP contribution is 2.44. The van der Waals surface area contributed by atoms with Gasteiger partial charge in [-0.25, -0.2) is 4.39 Å². The Morgan fingerprint density at radius 3 is 2.41 bits per heavy atom. The smallest absolute Gasteiger partial charge is 0.417 e. The topological polar surface area (TPSA) is 52.6 Å². The average Bonchev–Trinajstić information content (AvgIpc) is 3.14. The zero-order valence-electron chi connectivity index (χ0n) is 16.8. The van der Waals surface area contributed by atoms with Gasteiger partial charge in [-0.3, -0.25) is 4.18 Å². The van der Waals surface area contributed by atoms with Crippen molar-refractivity contribution in [3.63, 3.8) is 0 Å². The molecule has 32 heavy (non-hydrogen) atoms. The summed E-state index contributed by atoms with van der Waals surface area (Å²) in [4.78, 5) is -0.0237. The lowest BCUT2D eigenvalue weighted by atomic mass is 9.96. The molecular formula is C23H18F4O4S. The molecule has 0 saturated carbocycles. The van der Waals surface area contributed by atoms with Crippen LogP contribution in [-0.2, 0) is 26.9 Å². The minimum absolute atomic E-state index is 0.0237. The molecule has 1 heterocycles. The van der Waals surface area contributed by atoms with Crippen molar-refractivity contribution >= 4 is 10.1 Å². The number of halogens is 4. The van der Waals surface area contributed by atoms with Gasteiger partial charge in [-0.1, -0.05) is 35.9 Å². The molecule has 4 rings (SSSR count). The van der Waals surface area contributed by atoms with Crippen LogP contribution in [0, 0.1) is 12.7 Å². The SMILES string of the molecule is Cc1ccc(S(=O)(=O)OCC2Cc3cc(F)cc(-c4ccccc4C(F)(F)F)c3O2)cc1. The van der Waals surface area contributed by atoms with Crippen LogP contribution in [0.3, 0.4) is 0 Å². The van der Waals surface area contributed by atoms with Crippen LogP contribution in [0.5, 0.6) is 5.75 Å². The van der Waals surface area contributed by atoms with Gasteiger partial charge >= 0.3 is 6.18 Å². The van der Waals surface area contributed by atoms with Crippen LogP contribution in [0.15, 0.2) is 65.6 Å². The average molecular weight is 466 g/mol. The van der Waals surface area contributed by atoms with Gasteiger partial charge < -0.3 is 4.74 Å². The van der Waals surface area contributed by atoms with Crippen LogP contribution in [-0.4, -0.2) is 21.1 Å². The lowest BCUT2D eigenvalue weighted by molar-refractivity contribution is -0.137. The minimum atomic E-state index is -4.64. The summed E-state index contributed by atoms with van der Waals surface area (Å²) in [6.45, 7) is 1.45. The zero-order valence-corrected chi connectivity index (χ0v) is 17.6. The lowest BCUT2D eigenvalue weighted by Gasteiger charge is -2.16. The van der Waals surface area contributed by atoms with Gasteiger partial charge in [0.15, 0.2) is 0 Å². The van der Waals surface area contributed by atoms with E-state index >= 15 is 0 Å². The fraction of sp³-hybridized carbons (Fsp3) is 0.217. The maximum atomic E-state index is 14.2. The van der Waals surface area contributed by atoms with E-state index in [2.05, 4.69) is 0 Å². The number of fused-ring (bicyclic) bond motifs is 1. The van der Waals surface area contributed by atoms with Crippen molar-refractivity contribution in [2.75, 3.05) is 6.61 Å². The number of alkyl halides is 3. The monoisotopic (exact) mass is 466 g/mol. The highest BCUT2D eigenvalue weighted by Gasteiger charge is 2.36. The summed E-state index contributed by atoms with van der Waals surface area (Å²) in [5, 5.41) is 0. The van der Waals surface area contributed by atoms with Gasteiger partial charge in [0, 0.05) is 17.5 Å². The molecule has 1 unspecified atom stereocenters. The molecule has 0 N–H and O–H groups in total. The van der Waals surface area contributed by atoms with E-state index in [0.717, 1.165) is 17.7 Å². The zero-order chi connectivity index (χ0) is 23.1. The second kappa shape index (κ2) is 8.22. The first-order valence-electron chi connectivity index (χ1n) is 9.66. The van der Waals surface area contributed by atoms with E-state index in [4.69, 9.17) is 8.92 Å². The number of aryl methyl sites for hydroxylation is 1. The van der Waals surface area contributed by atoms with Gasteiger partial charge in [0.25, 0.3) is 10.1 Å². The van der Waals surface area contributed by atoms with E-state index in [1.54, 1.807) is 12.1 Å². The molecule has 1 aliphatic rings. The summed E-state index contributed by atoms with van der Waals surface area (Å²) in [5.74, 6) is -0.627. The quantitative estimate of drug-likeness (QED) is 0.367. The molecule has 0 bridgehead atoms. The van der Waals surface area contributed by atoms with Crippen LogP contribution in [0.4, 0.5) is 17.6 Å². The van der Waals surface area contributed by atoms with Crippen LogP contribution >= 0.6 is 0 Å². The standard InChI is InChI=1S/C23H18F4O4S/c1-14-6-8-18(9-7-14)32(28,29)30-13-17-11-15-10-16(24)12-20(22(15)31-17)19-4-2-3-5-21(19)23(25,26)27/h2-10,12,17H,11,13H2,1H3. The minimum Gasteiger partial charge on any atom is -0.487 e. The molecule has 0 aliphatic carbocycles. The maximum Gasteiger partial charge on any atom is 0.417 e. The van der Waals surface area contributed by atoms with Crippen LogP contribution in [0.1, 0.15) is 16.7 Å². The summed E-state index contributed by atoms with van der Waals surface area (Å²) in [6.07, 6.45) is -5.35. The summed E-state index contributed by atoms with van der Waals surface area (Å²) in [6, 6.07) is 13.1. The highest BCUT2D eigenvalue weighted by molar-refractivity contribution is 7.86. The molecule has 4 nitrogen and oxygen atoms in total. The number of benzene rings is 3. The molecule has 3 aromatic rings. The fourth-order valence-corrected chi connectivity index (χ4v) is 4.53. The first-order valence-corrected chi connectivity index (χ1v) is 11.1. The number of hydrogen-bond donors (Lipinski definition) is 0.